The van der Waals surface area contributed by atoms with E-state index in [1.165, 1.54) is 32.3 Å². The average Bonchev–Trinajstić information content (AvgIpc) is 2.77. The molecule has 0 aliphatic heterocycles. The van der Waals surface area contributed by atoms with E-state index in [0.29, 0.717) is 0 Å². The molecular weight excluding hydrogens is 429 g/mol. The van der Waals surface area contributed by atoms with E-state index in [1.54, 1.807) is 0 Å². The van der Waals surface area contributed by atoms with Crippen molar-refractivity contribution in [1.29, 1.82) is 0 Å². The summed E-state index contributed by atoms with van der Waals surface area (Å²) in [6.07, 6.45) is 0. The van der Waals surface area contributed by atoms with E-state index in [9.17, 15) is 17.6 Å². The second-order valence-electron chi connectivity index (χ2n) is 7.57. The molecule has 32 heavy (non-hydrogen) atoms. The van der Waals surface area contributed by atoms with Crippen LogP contribution in [0.5, 0.6) is 0 Å². The first-order valence-electron chi connectivity index (χ1n) is 10.1. The lowest BCUT2D eigenvalue weighted by atomic mass is 9.98. The lowest BCUT2D eigenvalue weighted by Gasteiger charge is -2.28. The smallest absolute Gasteiger partial charge is 0.304 e. The number of nitrogens with zero attached hydrogens (tertiary/aromatic N) is 2. The fraction of sp³-hybridized carbons (Fsp3) is 0.208. The van der Waals surface area contributed by atoms with E-state index >= 15 is 0 Å². The third-order valence-corrected chi connectivity index (χ3v) is 6.80. The Morgan fingerprint density at radius 2 is 1.47 bits per heavy atom. The highest BCUT2D eigenvalue weighted by Crippen LogP contribution is 2.25. The highest BCUT2D eigenvalue weighted by molar-refractivity contribution is 7.90. The number of halogens is 1. The van der Waals surface area contributed by atoms with Crippen LogP contribution in [0, 0.1) is 12.7 Å². The molecule has 0 bridgehead atoms. The van der Waals surface area contributed by atoms with Crippen molar-refractivity contribution in [2.45, 2.75) is 13.0 Å². The molecule has 0 aliphatic rings. The van der Waals surface area contributed by atoms with Gasteiger partial charge < -0.3 is 5.32 Å². The molecule has 1 atom stereocenters. The summed E-state index contributed by atoms with van der Waals surface area (Å²) in [6, 6.07) is 22.1. The van der Waals surface area contributed by atoms with Crippen LogP contribution in [0.3, 0.4) is 0 Å². The number of carbonyl (C=O) groups is 1. The average molecular weight is 456 g/mol. The Morgan fingerprint density at radius 3 is 2.06 bits per heavy atom. The number of rotatable bonds is 8. The molecule has 3 rings (SSSR count). The normalized spacial score (nSPS) is 12.4. The summed E-state index contributed by atoms with van der Waals surface area (Å²) in [5.74, 6) is -1.29. The summed E-state index contributed by atoms with van der Waals surface area (Å²) in [5.41, 5.74) is 2.58. The number of anilines is 1. The van der Waals surface area contributed by atoms with E-state index in [4.69, 9.17) is 0 Å². The van der Waals surface area contributed by atoms with Crippen molar-refractivity contribution in [2.75, 3.05) is 24.9 Å². The Bertz CT molecular complexity index is 1170. The fourth-order valence-electron chi connectivity index (χ4n) is 3.24. The van der Waals surface area contributed by atoms with Gasteiger partial charge in [0.2, 0.25) is 5.91 Å². The van der Waals surface area contributed by atoms with Crippen molar-refractivity contribution in [2.24, 2.45) is 0 Å². The molecule has 6 nitrogen and oxygen atoms in total. The van der Waals surface area contributed by atoms with Gasteiger partial charge in [0, 0.05) is 14.1 Å². The lowest BCUT2D eigenvalue weighted by Crippen LogP contribution is -2.46. The minimum absolute atomic E-state index is 0.192. The van der Waals surface area contributed by atoms with Crippen LogP contribution in [-0.2, 0) is 15.0 Å². The van der Waals surface area contributed by atoms with Gasteiger partial charge in [0.25, 0.3) is 0 Å². The quantitative estimate of drug-likeness (QED) is 0.564. The summed E-state index contributed by atoms with van der Waals surface area (Å²) < 4.78 is 42.0. The summed E-state index contributed by atoms with van der Waals surface area (Å²) in [7, 11) is -1.45. The fourth-order valence-corrected chi connectivity index (χ4v) is 4.31. The predicted octanol–water partition coefficient (Wildman–Crippen LogP) is 3.65. The van der Waals surface area contributed by atoms with Crippen LogP contribution >= 0.6 is 0 Å². The predicted molar refractivity (Wildman–Crippen MR) is 124 cm³/mol. The molecule has 0 heterocycles. The number of amides is 1. The van der Waals surface area contributed by atoms with E-state index < -0.39 is 34.5 Å². The van der Waals surface area contributed by atoms with Crippen LogP contribution in [0.25, 0.3) is 0 Å². The zero-order valence-corrected chi connectivity index (χ0v) is 19.0. The van der Waals surface area contributed by atoms with Crippen molar-refractivity contribution in [3.63, 3.8) is 0 Å². The Balaban J connectivity index is 1.94. The van der Waals surface area contributed by atoms with Gasteiger partial charge in [-0.25, -0.2) is 8.70 Å². The number of nitrogens with one attached hydrogen (secondary N) is 1. The third kappa shape index (κ3) is 5.33. The molecule has 1 unspecified atom stereocenters. The van der Waals surface area contributed by atoms with Crippen molar-refractivity contribution in [3.05, 3.63) is 101 Å². The van der Waals surface area contributed by atoms with Gasteiger partial charge in [-0.1, -0.05) is 72.3 Å². The van der Waals surface area contributed by atoms with Crippen LogP contribution < -0.4 is 9.62 Å². The zero-order chi connectivity index (χ0) is 23.3. The minimum Gasteiger partial charge on any atom is -0.344 e. The maximum atomic E-state index is 14.5. The molecule has 0 fully saturated rings. The van der Waals surface area contributed by atoms with E-state index in [-0.39, 0.29) is 5.69 Å². The van der Waals surface area contributed by atoms with Gasteiger partial charge >= 0.3 is 10.2 Å². The number of aryl methyl sites for hydroxylation is 1. The Labute approximate surface area is 188 Å². The zero-order valence-electron chi connectivity index (χ0n) is 18.2. The summed E-state index contributed by atoms with van der Waals surface area (Å²) >= 11 is 0. The Morgan fingerprint density at radius 1 is 0.906 bits per heavy atom. The van der Waals surface area contributed by atoms with Crippen LogP contribution in [0.1, 0.15) is 22.7 Å². The Hall–Kier alpha value is -3.23. The van der Waals surface area contributed by atoms with Gasteiger partial charge in [0.15, 0.2) is 0 Å². The molecular formula is C24H26FN3O3S. The number of carbonyl (C=O) groups excluding carboxylic acids is 1. The third-order valence-electron chi connectivity index (χ3n) is 5.00. The molecule has 3 aromatic carbocycles. The van der Waals surface area contributed by atoms with Gasteiger partial charge in [0.05, 0.1) is 11.7 Å². The van der Waals surface area contributed by atoms with Gasteiger partial charge in [-0.15, -0.1) is 0 Å². The largest absolute Gasteiger partial charge is 0.344 e. The SMILES string of the molecule is Cc1ccc(C(NC(=O)CN(c2ccccc2F)S(=O)(=O)N(C)C)c2ccccc2)cc1. The molecule has 168 valence electrons. The van der Waals surface area contributed by atoms with Crippen LogP contribution in [-0.4, -0.2) is 39.3 Å². The first-order valence-corrected chi connectivity index (χ1v) is 11.5. The van der Waals surface area contributed by atoms with Gasteiger partial charge in [-0.05, 0) is 30.2 Å². The van der Waals surface area contributed by atoms with E-state index in [2.05, 4.69) is 5.32 Å². The minimum atomic E-state index is -4.11. The summed E-state index contributed by atoms with van der Waals surface area (Å²) in [5, 5.41) is 2.91. The van der Waals surface area contributed by atoms with Crippen molar-refractivity contribution in [1.82, 2.24) is 9.62 Å². The van der Waals surface area contributed by atoms with Crippen molar-refractivity contribution < 1.29 is 17.6 Å². The molecule has 8 heteroatoms. The monoisotopic (exact) mass is 455 g/mol. The topological polar surface area (TPSA) is 69.7 Å². The van der Waals surface area contributed by atoms with Crippen LogP contribution in [0.4, 0.5) is 10.1 Å². The van der Waals surface area contributed by atoms with Crippen molar-refractivity contribution >= 4 is 21.8 Å². The number of benzene rings is 3. The number of hydrogen-bond acceptors (Lipinski definition) is 3. The molecule has 1 amide bonds. The highest BCUT2D eigenvalue weighted by atomic mass is 32.2. The van der Waals surface area contributed by atoms with Gasteiger partial charge in [0.1, 0.15) is 12.4 Å². The first kappa shape index (κ1) is 23.4. The molecule has 0 spiro atoms. The van der Waals surface area contributed by atoms with Gasteiger partial charge in [-0.3, -0.25) is 4.79 Å². The summed E-state index contributed by atoms with van der Waals surface area (Å²) in [4.78, 5) is 13.1. The highest BCUT2D eigenvalue weighted by Gasteiger charge is 2.30. The number of hydrogen-bond donors (Lipinski definition) is 1. The molecule has 0 radical (unpaired) electrons. The lowest BCUT2D eigenvalue weighted by molar-refractivity contribution is -0.120. The number of para-hydroxylation sites is 1. The maximum Gasteiger partial charge on any atom is 0.304 e. The molecule has 0 saturated carbocycles. The molecule has 0 saturated heterocycles. The van der Waals surface area contributed by atoms with Gasteiger partial charge in [-0.2, -0.15) is 12.7 Å². The van der Waals surface area contributed by atoms with Crippen molar-refractivity contribution in [3.8, 4) is 0 Å². The second-order valence-corrected chi connectivity index (χ2v) is 9.64. The van der Waals surface area contributed by atoms with Crippen LogP contribution in [0.15, 0.2) is 78.9 Å². The maximum absolute atomic E-state index is 14.5. The Kier molecular flexibility index (Phi) is 7.27. The summed E-state index contributed by atoms with van der Waals surface area (Å²) in [6.45, 7) is 1.40. The molecule has 1 N–H and O–H groups in total. The van der Waals surface area contributed by atoms with E-state index in [1.807, 2.05) is 61.5 Å². The molecule has 0 aliphatic carbocycles. The standard InChI is InChI=1S/C24H26FN3O3S/c1-18-13-15-20(16-14-18)24(19-9-5-4-6-10-19)26-23(29)17-28(32(30,31)27(2)3)22-12-8-7-11-21(22)25/h4-16,24H,17H2,1-3H3,(H,26,29). The van der Waals surface area contributed by atoms with Crippen LogP contribution in [0.2, 0.25) is 0 Å². The second kappa shape index (κ2) is 9.93. The first-order chi connectivity index (χ1) is 15.2. The van der Waals surface area contributed by atoms with E-state index in [0.717, 1.165) is 31.4 Å². The molecule has 0 aromatic heterocycles. The molecule has 3 aromatic rings.